The van der Waals surface area contributed by atoms with Crippen LogP contribution in [0, 0.1) is 5.21 Å². The van der Waals surface area contributed by atoms with Gasteiger partial charge in [-0.2, -0.15) is 0 Å². The molecular formula is C11H9N3O6. The van der Waals surface area contributed by atoms with Crippen LogP contribution in [0.5, 0.6) is 5.75 Å². The lowest BCUT2D eigenvalue weighted by Crippen LogP contribution is -2.34. The zero-order valence-electron chi connectivity index (χ0n) is 10.2. The number of phenolic OH excluding ortho intramolecular Hbond substituents is 1. The van der Waals surface area contributed by atoms with Crippen molar-refractivity contribution in [1.29, 1.82) is 0 Å². The van der Waals surface area contributed by atoms with Gasteiger partial charge in [0, 0.05) is 5.16 Å². The number of carbonyl (C=O) groups excluding carboxylic acids is 2. The van der Waals surface area contributed by atoms with E-state index in [1.807, 2.05) is 0 Å². The predicted molar refractivity (Wildman–Crippen MR) is 62.4 cm³/mol. The molecule has 9 nitrogen and oxygen atoms in total. The number of aromatic hydroxyl groups is 1. The van der Waals surface area contributed by atoms with E-state index in [2.05, 4.69) is 14.5 Å². The first-order valence-corrected chi connectivity index (χ1v) is 5.27. The molecule has 1 aromatic carbocycles. The van der Waals surface area contributed by atoms with E-state index >= 15 is 0 Å². The summed E-state index contributed by atoms with van der Waals surface area (Å²) < 4.78 is 8.86. The molecule has 0 saturated heterocycles. The Hall–Kier alpha value is -3.10. The number of nitrogens with zero attached hydrogens (tertiary/aromatic N) is 2. The molecule has 0 bridgehead atoms. The minimum Gasteiger partial charge on any atom is -0.508 e. The van der Waals surface area contributed by atoms with Gasteiger partial charge in [0.25, 0.3) is 17.3 Å². The van der Waals surface area contributed by atoms with Gasteiger partial charge >= 0.3 is 5.97 Å². The quantitative estimate of drug-likeness (QED) is 0.573. The SMILES string of the molecule is COC(=O)c1ccc(O)cc1-c1no[n+]([O-])c1C(N)=O. The van der Waals surface area contributed by atoms with Crippen molar-refractivity contribution >= 4 is 11.9 Å². The highest BCUT2D eigenvalue weighted by Gasteiger charge is 2.29. The lowest BCUT2D eigenvalue weighted by atomic mass is 10.0. The van der Waals surface area contributed by atoms with Crippen molar-refractivity contribution in [1.82, 2.24) is 5.16 Å². The van der Waals surface area contributed by atoms with Crippen molar-refractivity contribution < 1.29 is 29.0 Å². The number of methoxy groups -OCH3 is 1. The van der Waals surface area contributed by atoms with Crippen LogP contribution in [0.1, 0.15) is 20.8 Å². The Labute approximate surface area is 111 Å². The Morgan fingerprint density at radius 1 is 1.50 bits per heavy atom. The number of hydrogen-bond donors (Lipinski definition) is 2. The van der Waals surface area contributed by atoms with Gasteiger partial charge < -0.3 is 20.8 Å². The predicted octanol–water partition coefficient (Wildman–Crippen LogP) is -0.434. The first-order valence-electron chi connectivity index (χ1n) is 5.27. The second-order valence-electron chi connectivity index (χ2n) is 3.71. The molecular weight excluding hydrogens is 270 g/mol. The molecule has 20 heavy (non-hydrogen) atoms. The normalized spacial score (nSPS) is 10.2. The molecule has 9 heteroatoms. The molecule has 104 valence electrons. The molecule has 1 amide bonds. The second kappa shape index (κ2) is 4.88. The van der Waals surface area contributed by atoms with Crippen molar-refractivity contribution in [2.24, 2.45) is 5.73 Å². The van der Waals surface area contributed by atoms with Gasteiger partial charge in [0.1, 0.15) is 5.75 Å². The van der Waals surface area contributed by atoms with Gasteiger partial charge in [0.2, 0.25) is 0 Å². The van der Waals surface area contributed by atoms with E-state index in [4.69, 9.17) is 5.73 Å². The summed E-state index contributed by atoms with van der Waals surface area (Å²) in [5.41, 5.74) is 4.19. The topological polar surface area (TPSA) is 143 Å². The zero-order valence-corrected chi connectivity index (χ0v) is 10.2. The molecule has 1 aromatic heterocycles. The molecule has 0 spiro atoms. The van der Waals surface area contributed by atoms with Gasteiger partial charge in [-0.05, 0) is 23.1 Å². The van der Waals surface area contributed by atoms with Crippen molar-refractivity contribution in [3.05, 3.63) is 34.7 Å². The van der Waals surface area contributed by atoms with E-state index in [-0.39, 0.29) is 27.5 Å². The lowest BCUT2D eigenvalue weighted by molar-refractivity contribution is -0.803. The largest absolute Gasteiger partial charge is 0.508 e. The third-order valence-electron chi connectivity index (χ3n) is 2.51. The number of aromatic nitrogens is 2. The molecule has 0 saturated carbocycles. The summed E-state index contributed by atoms with van der Waals surface area (Å²) in [4.78, 5) is 22.7. The van der Waals surface area contributed by atoms with Crippen molar-refractivity contribution in [2.45, 2.75) is 0 Å². The number of rotatable bonds is 3. The molecule has 0 radical (unpaired) electrons. The maximum absolute atomic E-state index is 11.6. The standard InChI is InChI=1S/C11H9N3O6/c1-19-11(17)6-3-2-5(15)4-7(6)8-9(10(12)16)14(18)20-13-8/h2-4,15H,1H3,(H2,12,16). The van der Waals surface area contributed by atoms with Crippen LogP contribution in [0.2, 0.25) is 0 Å². The fourth-order valence-electron chi connectivity index (χ4n) is 1.65. The third-order valence-corrected chi connectivity index (χ3v) is 2.51. The Balaban J connectivity index is 2.72. The Bertz CT molecular complexity index is 693. The maximum atomic E-state index is 11.6. The van der Waals surface area contributed by atoms with Crippen molar-refractivity contribution in [2.75, 3.05) is 7.11 Å². The third kappa shape index (κ3) is 2.11. The Kier molecular flexibility index (Phi) is 3.25. The molecule has 0 fully saturated rings. The minimum atomic E-state index is -1.09. The fourth-order valence-corrected chi connectivity index (χ4v) is 1.65. The summed E-state index contributed by atoms with van der Waals surface area (Å²) >= 11 is 0. The fraction of sp³-hybridized carbons (Fsp3) is 0.0909. The number of amides is 1. The monoisotopic (exact) mass is 279 g/mol. The number of phenols is 1. The highest BCUT2D eigenvalue weighted by atomic mass is 16.8. The first-order chi connectivity index (χ1) is 9.45. The van der Waals surface area contributed by atoms with Crippen LogP contribution in [0.15, 0.2) is 22.8 Å². The number of nitrogens with two attached hydrogens (primary N) is 1. The molecule has 0 aliphatic heterocycles. The average molecular weight is 279 g/mol. The number of hydrogen-bond acceptors (Lipinski definition) is 7. The summed E-state index contributed by atoms with van der Waals surface area (Å²) in [6, 6.07) is 3.63. The van der Waals surface area contributed by atoms with Crippen LogP contribution in [0.4, 0.5) is 0 Å². The number of benzene rings is 1. The van der Waals surface area contributed by atoms with Gasteiger partial charge in [-0.3, -0.25) is 9.42 Å². The van der Waals surface area contributed by atoms with Crippen LogP contribution in [0.3, 0.4) is 0 Å². The zero-order chi connectivity index (χ0) is 14.9. The summed E-state index contributed by atoms with van der Waals surface area (Å²) in [6.45, 7) is 0. The first kappa shape index (κ1) is 13.3. The van der Waals surface area contributed by atoms with Gasteiger partial charge in [-0.25, -0.2) is 4.79 Å². The summed E-state index contributed by atoms with van der Waals surface area (Å²) in [5.74, 6) is -2.03. The minimum absolute atomic E-state index is 0.0102. The Morgan fingerprint density at radius 3 is 2.80 bits per heavy atom. The maximum Gasteiger partial charge on any atom is 0.338 e. The molecule has 0 unspecified atom stereocenters. The molecule has 0 atom stereocenters. The van der Waals surface area contributed by atoms with Gasteiger partial charge in [0.05, 0.1) is 18.2 Å². The van der Waals surface area contributed by atoms with Gasteiger partial charge in [-0.15, -0.1) is 0 Å². The Morgan fingerprint density at radius 2 is 2.20 bits per heavy atom. The molecule has 3 N–H and O–H groups in total. The molecule has 0 aliphatic rings. The van der Waals surface area contributed by atoms with E-state index < -0.39 is 17.6 Å². The van der Waals surface area contributed by atoms with Crippen molar-refractivity contribution in [3.63, 3.8) is 0 Å². The number of esters is 1. The summed E-state index contributed by atoms with van der Waals surface area (Å²) in [7, 11) is 1.16. The number of ether oxygens (including phenoxy) is 1. The van der Waals surface area contributed by atoms with Gasteiger partial charge in [0.15, 0.2) is 0 Å². The molecule has 2 rings (SSSR count). The number of carbonyl (C=O) groups is 2. The summed E-state index contributed by atoms with van der Waals surface area (Å²) in [6.07, 6.45) is 0. The average Bonchev–Trinajstić information content (AvgIpc) is 2.79. The van der Waals surface area contributed by atoms with Crippen LogP contribution >= 0.6 is 0 Å². The van der Waals surface area contributed by atoms with Crippen molar-refractivity contribution in [3.8, 4) is 17.0 Å². The second-order valence-corrected chi connectivity index (χ2v) is 3.71. The highest BCUT2D eigenvalue weighted by Crippen LogP contribution is 2.28. The van der Waals surface area contributed by atoms with E-state index in [1.165, 1.54) is 12.1 Å². The van der Waals surface area contributed by atoms with Crippen LogP contribution in [0.25, 0.3) is 11.3 Å². The molecule has 0 aliphatic carbocycles. The smallest absolute Gasteiger partial charge is 0.338 e. The molecule has 2 aromatic rings. The molecule has 1 heterocycles. The number of primary amides is 1. The lowest BCUT2D eigenvalue weighted by Gasteiger charge is -2.04. The van der Waals surface area contributed by atoms with E-state index in [9.17, 15) is 19.9 Å². The van der Waals surface area contributed by atoms with E-state index in [0.29, 0.717) is 0 Å². The van der Waals surface area contributed by atoms with Crippen LogP contribution < -0.4 is 10.6 Å². The van der Waals surface area contributed by atoms with Crippen LogP contribution in [-0.4, -0.2) is 29.2 Å². The van der Waals surface area contributed by atoms with Crippen LogP contribution in [-0.2, 0) is 4.74 Å². The van der Waals surface area contributed by atoms with E-state index in [1.54, 1.807) is 0 Å². The summed E-state index contributed by atoms with van der Waals surface area (Å²) in [5, 5.41) is 24.2. The highest BCUT2D eigenvalue weighted by molar-refractivity contribution is 6.01. The van der Waals surface area contributed by atoms with E-state index in [0.717, 1.165) is 13.2 Å². The van der Waals surface area contributed by atoms with Gasteiger partial charge in [-0.1, -0.05) is 0 Å².